The number of carboxylic acids is 1. The van der Waals surface area contributed by atoms with Crippen LogP contribution in [0.1, 0.15) is 26.7 Å². The fourth-order valence-corrected chi connectivity index (χ4v) is 2.31. The fraction of sp³-hybridized carbons (Fsp3) is 0.833. The Morgan fingerprint density at radius 3 is 2.53 bits per heavy atom. The second-order valence-corrected chi connectivity index (χ2v) is 4.92. The summed E-state index contributed by atoms with van der Waals surface area (Å²) < 4.78 is 5.03. The third-order valence-electron chi connectivity index (χ3n) is 3.42. The Balaban J connectivity index is 2.52. The summed E-state index contributed by atoms with van der Waals surface area (Å²) >= 11 is 0. The minimum absolute atomic E-state index is 0.0546. The second-order valence-electron chi connectivity index (χ2n) is 4.92. The summed E-state index contributed by atoms with van der Waals surface area (Å²) in [5, 5.41) is 11.8. The number of amides is 1. The first kappa shape index (κ1) is 14.0. The number of nitrogens with one attached hydrogen (secondary N) is 1. The molecule has 0 aliphatic heterocycles. The molecule has 0 aromatic heterocycles. The number of hydrogen-bond acceptors (Lipinski definition) is 3. The van der Waals surface area contributed by atoms with E-state index in [1.54, 1.807) is 7.11 Å². The molecule has 17 heavy (non-hydrogen) atoms. The molecule has 1 fully saturated rings. The van der Waals surface area contributed by atoms with Gasteiger partial charge in [0.25, 0.3) is 0 Å². The van der Waals surface area contributed by atoms with Crippen LogP contribution < -0.4 is 5.32 Å². The van der Waals surface area contributed by atoms with E-state index in [1.807, 2.05) is 13.8 Å². The number of methoxy groups -OCH3 is 1. The Morgan fingerprint density at radius 1 is 1.41 bits per heavy atom. The highest BCUT2D eigenvalue weighted by atomic mass is 16.5. The van der Waals surface area contributed by atoms with Gasteiger partial charge in [0.2, 0.25) is 5.91 Å². The van der Waals surface area contributed by atoms with Gasteiger partial charge in [-0.25, -0.2) is 0 Å². The molecule has 1 amide bonds. The van der Waals surface area contributed by atoms with Gasteiger partial charge in [0.05, 0.1) is 17.9 Å². The van der Waals surface area contributed by atoms with Gasteiger partial charge in [-0.05, 0) is 25.7 Å². The molecule has 0 aromatic rings. The van der Waals surface area contributed by atoms with E-state index in [-0.39, 0.29) is 12.0 Å². The lowest BCUT2D eigenvalue weighted by atomic mass is 9.95. The molecular weight excluding hydrogens is 222 g/mol. The van der Waals surface area contributed by atoms with E-state index in [0.29, 0.717) is 25.3 Å². The number of aliphatic carboxylic acids is 1. The maximum absolute atomic E-state index is 11.9. The molecule has 5 nitrogen and oxygen atoms in total. The highest BCUT2D eigenvalue weighted by Gasteiger charge is 2.41. The molecule has 1 rings (SSSR count). The molecule has 98 valence electrons. The van der Waals surface area contributed by atoms with E-state index in [9.17, 15) is 9.59 Å². The number of carboxylic acid groups (broad SMARTS) is 1. The van der Waals surface area contributed by atoms with Crippen LogP contribution in [0.25, 0.3) is 0 Å². The lowest BCUT2D eigenvalue weighted by Crippen LogP contribution is -2.38. The summed E-state index contributed by atoms with van der Waals surface area (Å²) in [7, 11) is 1.58. The van der Waals surface area contributed by atoms with Gasteiger partial charge in [0, 0.05) is 13.7 Å². The van der Waals surface area contributed by atoms with Crippen molar-refractivity contribution in [1.82, 2.24) is 5.32 Å². The lowest BCUT2D eigenvalue weighted by Gasteiger charge is -2.17. The molecule has 0 radical (unpaired) electrons. The van der Waals surface area contributed by atoms with Gasteiger partial charge in [0.15, 0.2) is 0 Å². The first-order valence-corrected chi connectivity index (χ1v) is 5.99. The van der Waals surface area contributed by atoms with Gasteiger partial charge in [-0.15, -0.1) is 0 Å². The largest absolute Gasteiger partial charge is 0.481 e. The van der Waals surface area contributed by atoms with Crippen LogP contribution in [0.2, 0.25) is 0 Å². The third kappa shape index (κ3) is 3.70. The Hall–Kier alpha value is -1.10. The Morgan fingerprint density at radius 2 is 2.00 bits per heavy atom. The van der Waals surface area contributed by atoms with E-state index in [0.717, 1.165) is 0 Å². The van der Waals surface area contributed by atoms with Gasteiger partial charge < -0.3 is 15.2 Å². The molecule has 4 atom stereocenters. The normalized spacial score (nSPS) is 29.9. The molecule has 2 N–H and O–H groups in total. The molecule has 1 aliphatic carbocycles. The zero-order valence-electron chi connectivity index (χ0n) is 10.6. The van der Waals surface area contributed by atoms with E-state index >= 15 is 0 Å². The quantitative estimate of drug-likeness (QED) is 0.751. The van der Waals surface area contributed by atoms with E-state index in [2.05, 4.69) is 5.32 Å². The second kappa shape index (κ2) is 6.00. The van der Waals surface area contributed by atoms with Gasteiger partial charge in [-0.2, -0.15) is 0 Å². The van der Waals surface area contributed by atoms with Crippen LogP contribution in [0.5, 0.6) is 0 Å². The van der Waals surface area contributed by atoms with Crippen molar-refractivity contribution < 1.29 is 19.4 Å². The summed E-state index contributed by atoms with van der Waals surface area (Å²) in [5.41, 5.74) is 0. The Bertz CT molecular complexity index is 292. The summed E-state index contributed by atoms with van der Waals surface area (Å²) in [4.78, 5) is 22.9. The summed E-state index contributed by atoms with van der Waals surface area (Å²) in [6.07, 6.45) is 1.19. The number of hydrogen-bond donors (Lipinski definition) is 2. The van der Waals surface area contributed by atoms with Crippen LogP contribution in [0.3, 0.4) is 0 Å². The average Bonchev–Trinajstić information content (AvgIpc) is 2.67. The van der Waals surface area contributed by atoms with E-state index in [1.165, 1.54) is 0 Å². The zero-order valence-corrected chi connectivity index (χ0v) is 10.6. The van der Waals surface area contributed by atoms with Crippen molar-refractivity contribution in [2.75, 3.05) is 13.7 Å². The molecule has 1 aliphatic rings. The Kier molecular flexibility index (Phi) is 4.93. The minimum atomic E-state index is -0.866. The highest BCUT2D eigenvalue weighted by Crippen LogP contribution is 2.36. The van der Waals surface area contributed by atoms with Gasteiger partial charge >= 0.3 is 5.97 Å². The molecule has 0 spiro atoms. The van der Waals surface area contributed by atoms with Crippen molar-refractivity contribution >= 4 is 11.9 Å². The van der Waals surface area contributed by atoms with Crippen LogP contribution >= 0.6 is 0 Å². The standard InChI is InChI=1S/C12H21NO4/c1-7-4-9(10(5-7)12(15)16)11(14)13-6-8(2)17-3/h7-10H,4-6H2,1-3H3,(H,13,14)(H,15,16)/t7?,8?,9-,10+/m0/s1. The van der Waals surface area contributed by atoms with E-state index < -0.39 is 17.8 Å². The van der Waals surface area contributed by atoms with Crippen molar-refractivity contribution in [2.24, 2.45) is 17.8 Å². The van der Waals surface area contributed by atoms with Crippen molar-refractivity contribution in [3.05, 3.63) is 0 Å². The predicted octanol–water partition coefficient (Wildman–Crippen LogP) is 0.884. The Labute approximate surface area is 102 Å². The molecule has 0 aromatic carbocycles. The lowest BCUT2D eigenvalue weighted by molar-refractivity contribution is -0.146. The van der Waals surface area contributed by atoms with Crippen LogP contribution in [0, 0.1) is 17.8 Å². The number of rotatable bonds is 5. The first-order chi connectivity index (χ1) is 7.95. The molecule has 5 heteroatoms. The maximum atomic E-state index is 11.9. The van der Waals surface area contributed by atoms with E-state index in [4.69, 9.17) is 9.84 Å². The third-order valence-corrected chi connectivity index (χ3v) is 3.42. The molecule has 2 unspecified atom stereocenters. The number of carbonyl (C=O) groups excluding carboxylic acids is 1. The van der Waals surface area contributed by atoms with Crippen LogP contribution in [0.15, 0.2) is 0 Å². The van der Waals surface area contributed by atoms with Crippen molar-refractivity contribution in [3.8, 4) is 0 Å². The van der Waals surface area contributed by atoms with Crippen molar-refractivity contribution in [2.45, 2.75) is 32.8 Å². The zero-order chi connectivity index (χ0) is 13.0. The van der Waals surface area contributed by atoms with Gasteiger partial charge in [-0.3, -0.25) is 9.59 Å². The fourth-order valence-electron chi connectivity index (χ4n) is 2.31. The topological polar surface area (TPSA) is 75.6 Å². The monoisotopic (exact) mass is 243 g/mol. The predicted molar refractivity (Wildman–Crippen MR) is 62.5 cm³/mol. The average molecular weight is 243 g/mol. The molecule has 0 bridgehead atoms. The van der Waals surface area contributed by atoms with Crippen LogP contribution in [0.4, 0.5) is 0 Å². The summed E-state index contributed by atoms with van der Waals surface area (Å²) in [5.74, 6) is -1.67. The van der Waals surface area contributed by atoms with Crippen LogP contribution in [-0.4, -0.2) is 36.7 Å². The van der Waals surface area contributed by atoms with Crippen molar-refractivity contribution in [1.29, 1.82) is 0 Å². The SMILES string of the molecule is COC(C)CNC(=O)[C@H]1CC(C)C[C@H]1C(=O)O. The minimum Gasteiger partial charge on any atom is -0.481 e. The number of ether oxygens (including phenoxy) is 1. The van der Waals surface area contributed by atoms with Gasteiger partial charge in [0.1, 0.15) is 0 Å². The molecule has 0 saturated heterocycles. The highest BCUT2D eigenvalue weighted by molar-refractivity contribution is 5.85. The summed E-state index contributed by atoms with van der Waals surface area (Å²) in [6.45, 7) is 4.26. The van der Waals surface area contributed by atoms with Crippen LogP contribution in [-0.2, 0) is 14.3 Å². The molecule has 0 heterocycles. The molecular formula is C12H21NO4. The maximum Gasteiger partial charge on any atom is 0.307 e. The number of carbonyl (C=O) groups is 2. The van der Waals surface area contributed by atoms with Crippen molar-refractivity contribution in [3.63, 3.8) is 0 Å². The smallest absolute Gasteiger partial charge is 0.307 e. The first-order valence-electron chi connectivity index (χ1n) is 5.99. The van der Waals surface area contributed by atoms with Gasteiger partial charge in [-0.1, -0.05) is 6.92 Å². The summed E-state index contributed by atoms with van der Waals surface area (Å²) in [6, 6.07) is 0. The molecule has 1 saturated carbocycles.